The molecule has 19 heavy (non-hydrogen) atoms. The standard InChI is InChI=1S/C17H22N2/c1-12-6-4-5-7-17(12)15-10-16(11-15)18-19-13(2)8-9-14(19)3/h4-9,15-16,18H,10-11H2,1-3H3. The van der Waals surface area contributed by atoms with E-state index in [4.69, 9.17) is 0 Å². The Morgan fingerprint density at radius 2 is 1.58 bits per heavy atom. The van der Waals surface area contributed by atoms with Gasteiger partial charge in [0.2, 0.25) is 0 Å². The minimum absolute atomic E-state index is 0.606. The molecule has 0 amide bonds. The van der Waals surface area contributed by atoms with E-state index in [1.807, 2.05) is 0 Å². The normalized spacial score (nSPS) is 22.1. The van der Waals surface area contributed by atoms with E-state index in [2.05, 4.69) is 67.3 Å². The molecule has 2 aromatic rings. The molecule has 2 heteroatoms. The van der Waals surface area contributed by atoms with Gasteiger partial charge in [0.25, 0.3) is 0 Å². The van der Waals surface area contributed by atoms with Crippen LogP contribution >= 0.6 is 0 Å². The third kappa shape index (κ3) is 2.27. The molecule has 1 aromatic carbocycles. The monoisotopic (exact) mass is 254 g/mol. The van der Waals surface area contributed by atoms with Gasteiger partial charge in [-0.2, -0.15) is 0 Å². The Morgan fingerprint density at radius 1 is 0.947 bits per heavy atom. The van der Waals surface area contributed by atoms with Crippen molar-refractivity contribution < 1.29 is 0 Å². The molecule has 1 fully saturated rings. The first-order valence-corrected chi connectivity index (χ1v) is 7.12. The van der Waals surface area contributed by atoms with Gasteiger partial charge in [0.05, 0.1) is 0 Å². The number of aryl methyl sites for hydroxylation is 3. The molecule has 0 unspecified atom stereocenters. The van der Waals surface area contributed by atoms with E-state index in [0.717, 1.165) is 5.92 Å². The lowest BCUT2D eigenvalue weighted by molar-refractivity contribution is 0.349. The van der Waals surface area contributed by atoms with Crippen LogP contribution in [0.3, 0.4) is 0 Å². The van der Waals surface area contributed by atoms with Gasteiger partial charge in [-0.1, -0.05) is 24.3 Å². The summed E-state index contributed by atoms with van der Waals surface area (Å²) in [7, 11) is 0. The molecular formula is C17H22N2. The molecule has 0 saturated heterocycles. The molecule has 1 aliphatic rings. The van der Waals surface area contributed by atoms with Crippen LogP contribution < -0.4 is 5.43 Å². The zero-order valence-corrected chi connectivity index (χ0v) is 12.0. The number of aromatic nitrogens is 1. The first-order chi connectivity index (χ1) is 9.15. The van der Waals surface area contributed by atoms with Crippen molar-refractivity contribution in [1.82, 2.24) is 4.68 Å². The SMILES string of the molecule is Cc1ccccc1C1CC(Nn2c(C)ccc2C)C1. The minimum Gasteiger partial charge on any atom is -0.323 e. The van der Waals surface area contributed by atoms with E-state index in [-0.39, 0.29) is 0 Å². The second-order valence-electron chi connectivity index (χ2n) is 5.80. The van der Waals surface area contributed by atoms with Gasteiger partial charge in [-0.05, 0) is 62.8 Å². The molecule has 1 N–H and O–H groups in total. The molecule has 3 rings (SSSR count). The maximum absolute atomic E-state index is 3.63. The summed E-state index contributed by atoms with van der Waals surface area (Å²) in [6.45, 7) is 6.52. The number of nitrogens with one attached hydrogen (secondary N) is 1. The second-order valence-corrected chi connectivity index (χ2v) is 5.80. The Labute approximate surface area is 115 Å². The van der Waals surface area contributed by atoms with Gasteiger partial charge >= 0.3 is 0 Å². The summed E-state index contributed by atoms with van der Waals surface area (Å²) in [5, 5.41) is 0. The van der Waals surface area contributed by atoms with Crippen LogP contribution in [0.4, 0.5) is 0 Å². The fraction of sp³-hybridized carbons (Fsp3) is 0.412. The number of hydrogen-bond acceptors (Lipinski definition) is 1. The van der Waals surface area contributed by atoms with E-state index in [0.29, 0.717) is 6.04 Å². The molecule has 1 aliphatic carbocycles. The van der Waals surface area contributed by atoms with E-state index in [9.17, 15) is 0 Å². The van der Waals surface area contributed by atoms with Crippen LogP contribution in [0.2, 0.25) is 0 Å². The summed E-state index contributed by atoms with van der Waals surface area (Å²) < 4.78 is 2.22. The van der Waals surface area contributed by atoms with Crippen molar-refractivity contribution in [2.75, 3.05) is 5.43 Å². The quantitative estimate of drug-likeness (QED) is 0.879. The fourth-order valence-electron chi connectivity index (χ4n) is 3.08. The zero-order chi connectivity index (χ0) is 13.4. The van der Waals surface area contributed by atoms with Crippen molar-refractivity contribution in [3.05, 3.63) is 58.9 Å². The largest absolute Gasteiger partial charge is 0.323 e. The molecule has 1 saturated carbocycles. The van der Waals surface area contributed by atoms with Crippen molar-refractivity contribution in [3.63, 3.8) is 0 Å². The Balaban J connectivity index is 1.63. The summed E-state index contributed by atoms with van der Waals surface area (Å²) in [4.78, 5) is 0. The van der Waals surface area contributed by atoms with E-state index in [1.165, 1.54) is 35.4 Å². The molecule has 0 spiro atoms. The van der Waals surface area contributed by atoms with Gasteiger partial charge in [-0.15, -0.1) is 0 Å². The summed E-state index contributed by atoms with van der Waals surface area (Å²) in [6.07, 6.45) is 2.48. The molecule has 0 atom stereocenters. The van der Waals surface area contributed by atoms with Crippen molar-refractivity contribution in [2.45, 2.75) is 45.6 Å². The van der Waals surface area contributed by atoms with Crippen molar-refractivity contribution in [1.29, 1.82) is 0 Å². The van der Waals surface area contributed by atoms with E-state index >= 15 is 0 Å². The Bertz CT molecular complexity index is 557. The molecule has 0 radical (unpaired) electrons. The second kappa shape index (κ2) is 4.76. The van der Waals surface area contributed by atoms with Gasteiger partial charge < -0.3 is 5.43 Å². The van der Waals surface area contributed by atoms with Gasteiger partial charge in [0.15, 0.2) is 0 Å². The predicted octanol–water partition coefficient (Wildman–Crippen LogP) is 3.90. The van der Waals surface area contributed by atoms with Crippen LogP contribution in [0.25, 0.3) is 0 Å². The number of benzene rings is 1. The summed E-state index contributed by atoms with van der Waals surface area (Å²) in [5.74, 6) is 0.731. The van der Waals surface area contributed by atoms with Crippen molar-refractivity contribution in [2.24, 2.45) is 0 Å². The maximum Gasteiger partial charge on any atom is 0.0436 e. The van der Waals surface area contributed by atoms with E-state index < -0.39 is 0 Å². The summed E-state index contributed by atoms with van der Waals surface area (Å²) in [5.41, 5.74) is 9.17. The maximum atomic E-state index is 3.63. The third-order valence-corrected chi connectivity index (χ3v) is 4.35. The highest BCUT2D eigenvalue weighted by atomic mass is 15.4. The first kappa shape index (κ1) is 12.3. The minimum atomic E-state index is 0.606. The Morgan fingerprint density at radius 3 is 2.21 bits per heavy atom. The first-order valence-electron chi connectivity index (χ1n) is 7.12. The highest BCUT2D eigenvalue weighted by Crippen LogP contribution is 2.38. The van der Waals surface area contributed by atoms with Crippen LogP contribution in [-0.2, 0) is 0 Å². The Hall–Kier alpha value is -1.70. The topological polar surface area (TPSA) is 17.0 Å². The lowest BCUT2D eigenvalue weighted by atomic mass is 9.75. The number of rotatable bonds is 3. The summed E-state index contributed by atoms with van der Waals surface area (Å²) in [6, 6.07) is 13.7. The predicted molar refractivity (Wildman–Crippen MR) is 80.2 cm³/mol. The van der Waals surface area contributed by atoms with Gasteiger partial charge in [-0.3, -0.25) is 4.68 Å². The number of hydrogen-bond donors (Lipinski definition) is 1. The fourth-order valence-corrected chi connectivity index (χ4v) is 3.08. The molecule has 1 aromatic heterocycles. The van der Waals surface area contributed by atoms with Crippen LogP contribution in [0.1, 0.15) is 41.3 Å². The summed E-state index contributed by atoms with van der Waals surface area (Å²) >= 11 is 0. The highest BCUT2D eigenvalue weighted by molar-refractivity contribution is 5.32. The smallest absolute Gasteiger partial charge is 0.0436 e. The van der Waals surface area contributed by atoms with Gasteiger partial charge in [-0.25, -0.2) is 0 Å². The van der Waals surface area contributed by atoms with Crippen LogP contribution in [0.5, 0.6) is 0 Å². The van der Waals surface area contributed by atoms with Crippen LogP contribution in [-0.4, -0.2) is 10.7 Å². The molecular weight excluding hydrogens is 232 g/mol. The lowest BCUT2D eigenvalue weighted by Crippen LogP contribution is -2.39. The lowest BCUT2D eigenvalue weighted by Gasteiger charge is -2.38. The van der Waals surface area contributed by atoms with Crippen LogP contribution in [0.15, 0.2) is 36.4 Å². The highest BCUT2D eigenvalue weighted by Gasteiger charge is 2.31. The average Bonchev–Trinajstić information content (AvgIpc) is 2.65. The zero-order valence-electron chi connectivity index (χ0n) is 12.0. The molecule has 100 valence electrons. The number of nitrogens with zero attached hydrogens (tertiary/aromatic N) is 1. The molecule has 0 bridgehead atoms. The van der Waals surface area contributed by atoms with Gasteiger partial charge in [0.1, 0.15) is 0 Å². The Kier molecular flexibility index (Phi) is 3.09. The molecule has 1 heterocycles. The van der Waals surface area contributed by atoms with Crippen molar-refractivity contribution >= 4 is 0 Å². The van der Waals surface area contributed by atoms with Crippen LogP contribution in [0, 0.1) is 20.8 Å². The molecule has 2 nitrogen and oxygen atoms in total. The van der Waals surface area contributed by atoms with Gasteiger partial charge in [0, 0.05) is 17.4 Å². The third-order valence-electron chi connectivity index (χ3n) is 4.35. The average molecular weight is 254 g/mol. The molecule has 0 aliphatic heterocycles. The van der Waals surface area contributed by atoms with Crippen molar-refractivity contribution in [3.8, 4) is 0 Å². The van der Waals surface area contributed by atoms with E-state index in [1.54, 1.807) is 0 Å².